The summed E-state index contributed by atoms with van der Waals surface area (Å²) >= 11 is 0. The first-order valence-electron chi connectivity index (χ1n) is 8.18. The molecular weight excluding hydrogens is 304 g/mol. The molecule has 1 saturated heterocycles. The van der Waals surface area contributed by atoms with E-state index in [2.05, 4.69) is 25.2 Å². The maximum atomic E-state index is 11.1. The Morgan fingerprint density at radius 3 is 3.00 bits per heavy atom. The van der Waals surface area contributed by atoms with Gasteiger partial charge < -0.3 is 11.1 Å². The average molecular weight is 326 g/mol. The molecule has 1 amide bonds. The molecular formula is C17H22N6O. The highest BCUT2D eigenvalue weighted by molar-refractivity contribution is 5.75. The zero-order chi connectivity index (χ0) is 16.8. The Morgan fingerprint density at radius 1 is 1.29 bits per heavy atom. The van der Waals surface area contributed by atoms with Crippen molar-refractivity contribution in [3.63, 3.8) is 0 Å². The maximum absolute atomic E-state index is 11.1. The summed E-state index contributed by atoms with van der Waals surface area (Å²) in [6.45, 7) is 2.17. The van der Waals surface area contributed by atoms with Crippen LogP contribution >= 0.6 is 0 Å². The third-order valence-corrected chi connectivity index (χ3v) is 4.13. The molecule has 0 aromatic carbocycles. The Morgan fingerprint density at radius 2 is 2.21 bits per heavy atom. The molecule has 0 spiro atoms. The molecule has 1 aliphatic rings. The predicted molar refractivity (Wildman–Crippen MR) is 91.6 cm³/mol. The highest BCUT2D eigenvalue weighted by Gasteiger charge is 2.21. The van der Waals surface area contributed by atoms with Crippen molar-refractivity contribution in [3.05, 3.63) is 42.5 Å². The zero-order valence-electron chi connectivity index (χ0n) is 13.6. The molecule has 0 aliphatic carbocycles. The van der Waals surface area contributed by atoms with E-state index >= 15 is 0 Å². The molecule has 2 aromatic heterocycles. The van der Waals surface area contributed by atoms with Crippen LogP contribution in [0.1, 0.15) is 18.5 Å². The van der Waals surface area contributed by atoms with E-state index in [0.717, 1.165) is 49.7 Å². The summed E-state index contributed by atoms with van der Waals surface area (Å²) < 4.78 is 0. The molecule has 1 fully saturated rings. The molecule has 24 heavy (non-hydrogen) atoms. The number of primary amides is 1. The fourth-order valence-electron chi connectivity index (χ4n) is 3.12. The number of pyridine rings is 1. The summed E-state index contributed by atoms with van der Waals surface area (Å²) in [6, 6.07) is 7.65. The van der Waals surface area contributed by atoms with Crippen molar-refractivity contribution in [1.82, 2.24) is 19.9 Å². The van der Waals surface area contributed by atoms with Gasteiger partial charge in [-0.1, -0.05) is 6.07 Å². The summed E-state index contributed by atoms with van der Waals surface area (Å²) in [7, 11) is 0. The van der Waals surface area contributed by atoms with Crippen LogP contribution in [0.4, 0.5) is 11.6 Å². The third kappa shape index (κ3) is 4.73. The Bertz CT molecular complexity index is 678. The van der Waals surface area contributed by atoms with E-state index < -0.39 is 0 Å². The minimum Gasteiger partial charge on any atom is -0.369 e. The van der Waals surface area contributed by atoms with Crippen LogP contribution < -0.4 is 11.1 Å². The summed E-state index contributed by atoms with van der Waals surface area (Å²) in [5.74, 6) is 1.71. The predicted octanol–water partition coefficient (Wildman–Crippen LogP) is 1.35. The number of nitrogens with one attached hydrogen (secondary N) is 1. The molecule has 7 nitrogen and oxygen atoms in total. The third-order valence-electron chi connectivity index (χ3n) is 4.13. The van der Waals surface area contributed by atoms with E-state index in [4.69, 9.17) is 5.73 Å². The molecule has 1 aliphatic heterocycles. The van der Waals surface area contributed by atoms with Crippen molar-refractivity contribution in [2.45, 2.75) is 19.3 Å². The van der Waals surface area contributed by atoms with Crippen molar-refractivity contribution in [1.29, 1.82) is 0 Å². The normalized spacial score (nSPS) is 18.2. The molecule has 3 heterocycles. The summed E-state index contributed by atoms with van der Waals surface area (Å²) in [5.41, 5.74) is 6.29. The molecule has 0 radical (unpaired) electrons. The first kappa shape index (κ1) is 16.3. The van der Waals surface area contributed by atoms with E-state index in [0.29, 0.717) is 12.5 Å². The number of carbonyl (C=O) groups excluding carboxylic acids is 1. The van der Waals surface area contributed by atoms with Crippen molar-refractivity contribution in [3.8, 4) is 0 Å². The van der Waals surface area contributed by atoms with Crippen LogP contribution in [-0.4, -0.2) is 45.4 Å². The van der Waals surface area contributed by atoms with E-state index in [1.807, 2.05) is 24.3 Å². The number of nitrogens with zero attached hydrogens (tertiary/aromatic N) is 4. The van der Waals surface area contributed by atoms with Gasteiger partial charge in [-0.3, -0.25) is 9.69 Å². The molecule has 2 aromatic rings. The van der Waals surface area contributed by atoms with Crippen molar-refractivity contribution >= 4 is 17.5 Å². The molecule has 1 unspecified atom stereocenters. The maximum Gasteiger partial charge on any atom is 0.231 e. The second kappa shape index (κ2) is 7.83. The number of nitrogens with two attached hydrogens (primary N) is 1. The number of piperidine rings is 1. The molecule has 3 N–H and O–H groups in total. The number of hydrogen-bond donors (Lipinski definition) is 2. The van der Waals surface area contributed by atoms with Crippen LogP contribution in [0.3, 0.4) is 0 Å². The van der Waals surface area contributed by atoms with Gasteiger partial charge in [0, 0.05) is 24.5 Å². The second-order valence-corrected chi connectivity index (χ2v) is 6.15. The Kier molecular flexibility index (Phi) is 5.32. The Labute approximate surface area is 141 Å². The van der Waals surface area contributed by atoms with Crippen molar-refractivity contribution < 1.29 is 4.79 Å². The first-order valence-corrected chi connectivity index (χ1v) is 8.18. The van der Waals surface area contributed by atoms with Gasteiger partial charge in [0.1, 0.15) is 18.0 Å². The standard InChI is InChI=1S/C17H22N6O/c18-15(24)11-23-7-3-4-13(10-23)8-14-9-17(21-12-20-14)22-16-5-1-2-6-19-16/h1-2,5-6,9,12-13H,3-4,7-8,10-11H2,(H2,18,24)(H,19,20,21,22). The van der Waals surface area contributed by atoms with Crippen LogP contribution in [0.25, 0.3) is 0 Å². The van der Waals surface area contributed by atoms with Gasteiger partial charge in [0.2, 0.25) is 5.91 Å². The van der Waals surface area contributed by atoms with E-state index in [1.165, 1.54) is 0 Å². The number of rotatable bonds is 6. The molecule has 126 valence electrons. The highest BCUT2D eigenvalue weighted by atomic mass is 16.1. The van der Waals surface area contributed by atoms with Gasteiger partial charge in [0.05, 0.1) is 6.54 Å². The lowest BCUT2D eigenvalue weighted by atomic mass is 9.93. The summed E-state index contributed by atoms with van der Waals surface area (Å²) in [4.78, 5) is 26.1. The number of hydrogen-bond acceptors (Lipinski definition) is 6. The van der Waals surface area contributed by atoms with Crippen LogP contribution in [0, 0.1) is 5.92 Å². The van der Waals surface area contributed by atoms with Gasteiger partial charge in [-0.25, -0.2) is 15.0 Å². The Balaban J connectivity index is 1.61. The fraction of sp³-hybridized carbons (Fsp3) is 0.412. The fourth-order valence-corrected chi connectivity index (χ4v) is 3.12. The van der Waals surface area contributed by atoms with E-state index in [1.54, 1.807) is 12.5 Å². The molecule has 0 saturated carbocycles. The van der Waals surface area contributed by atoms with Gasteiger partial charge in [0.25, 0.3) is 0 Å². The summed E-state index contributed by atoms with van der Waals surface area (Å²) in [6.07, 6.45) is 6.41. The van der Waals surface area contributed by atoms with Crippen LogP contribution in [0.5, 0.6) is 0 Å². The average Bonchev–Trinajstić information content (AvgIpc) is 2.56. The number of anilines is 2. The highest BCUT2D eigenvalue weighted by Crippen LogP contribution is 2.21. The largest absolute Gasteiger partial charge is 0.369 e. The monoisotopic (exact) mass is 326 g/mol. The number of likely N-dealkylation sites (tertiary alicyclic amines) is 1. The van der Waals surface area contributed by atoms with E-state index in [9.17, 15) is 4.79 Å². The minimum absolute atomic E-state index is 0.264. The van der Waals surface area contributed by atoms with Gasteiger partial charge >= 0.3 is 0 Å². The molecule has 7 heteroatoms. The van der Waals surface area contributed by atoms with Crippen LogP contribution in [-0.2, 0) is 11.2 Å². The van der Waals surface area contributed by atoms with Crippen LogP contribution in [0.2, 0.25) is 0 Å². The van der Waals surface area contributed by atoms with Gasteiger partial charge in [0.15, 0.2) is 0 Å². The quantitative estimate of drug-likeness (QED) is 0.832. The van der Waals surface area contributed by atoms with Gasteiger partial charge in [-0.2, -0.15) is 0 Å². The number of amides is 1. The first-order chi connectivity index (χ1) is 11.7. The molecule has 1 atom stereocenters. The van der Waals surface area contributed by atoms with Crippen LogP contribution in [0.15, 0.2) is 36.8 Å². The number of aromatic nitrogens is 3. The topological polar surface area (TPSA) is 97.0 Å². The second-order valence-electron chi connectivity index (χ2n) is 6.15. The Hall–Kier alpha value is -2.54. The molecule has 3 rings (SSSR count). The lowest BCUT2D eigenvalue weighted by molar-refractivity contribution is -0.119. The van der Waals surface area contributed by atoms with Gasteiger partial charge in [-0.05, 0) is 43.9 Å². The molecule has 0 bridgehead atoms. The van der Waals surface area contributed by atoms with Crippen molar-refractivity contribution in [2.75, 3.05) is 25.0 Å². The lowest BCUT2D eigenvalue weighted by Gasteiger charge is -2.31. The van der Waals surface area contributed by atoms with Crippen molar-refractivity contribution in [2.24, 2.45) is 11.7 Å². The van der Waals surface area contributed by atoms with E-state index in [-0.39, 0.29) is 5.91 Å². The minimum atomic E-state index is -0.264. The lowest BCUT2D eigenvalue weighted by Crippen LogP contribution is -2.41. The van der Waals surface area contributed by atoms with Gasteiger partial charge in [-0.15, -0.1) is 0 Å². The smallest absolute Gasteiger partial charge is 0.231 e. The SMILES string of the molecule is NC(=O)CN1CCCC(Cc2cc(Nc3ccccn3)ncn2)C1. The summed E-state index contributed by atoms with van der Waals surface area (Å²) in [5, 5.41) is 3.18. The number of carbonyl (C=O) groups is 1. The zero-order valence-corrected chi connectivity index (χ0v) is 13.6.